The fourth-order valence-corrected chi connectivity index (χ4v) is 1.76. The Labute approximate surface area is 117 Å². The van der Waals surface area contributed by atoms with Crippen LogP contribution in [-0.2, 0) is 0 Å². The Kier molecular flexibility index (Phi) is 4.13. The third-order valence-corrected chi connectivity index (χ3v) is 3.20. The van der Waals surface area contributed by atoms with Gasteiger partial charge in [0.25, 0.3) is 0 Å². The van der Waals surface area contributed by atoms with Crippen molar-refractivity contribution in [1.29, 1.82) is 0 Å². The van der Waals surface area contributed by atoms with Gasteiger partial charge < -0.3 is 0 Å². The molecule has 0 aliphatic heterocycles. The summed E-state index contributed by atoms with van der Waals surface area (Å²) < 4.78 is 26.2. The van der Waals surface area contributed by atoms with Crippen molar-refractivity contribution >= 4 is 11.4 Å². The van der Waals surface area contributed by atoms with Gasteiger partial charge in [-0.05, 0) is 55.7 Å². The summed E-state index contributed by atoms with van der Waals surface area (Å²) in [5.74, 6) is -1.27. The second-order valence-electron chi connectivity index (χ2n) is 4.73. The Bertz CT molecular complexity index is 664. The highest BCUT2D eigenvalue weighted by Crippen LogP contribution is 2.16. The molecule has 104 valence electrons. The number of rotatable bonds is 3. The maximum atomic E-state index is 13.4. The van der Waals surface area contributed by atoms with Gasteiger partial charge in [0.1, 0.15) is 5.82 Å². The zero-order valence-corrected chi connectivity index (χ0v) is 11.7. The molecule has 0 fully saturated rings. The Morgan fingerprint density at radius 3 is 2.40 bits per heavy atom. The summed E-state index contributed by atoms with van der Waals surface area (Å²) in [5, 5.41) is 4.13. The van der Waals surface area contributed by atoms with E-state index in [-0.39, 0.29) is 5.69 Å². The zero-order valence-electron chi connectivity index (χ0n) is 11.7. The molecule has 0 radical (unpaired) electrons. The summed E-state index contributed by atoms with van der Waals surface area (Å²) in [5.41, 5.74) is 6.84. The van der Waals surface area contributed by atoms with Gasteiger partial charge in [-0.15, -0.1) is 0 Å². The smallest absolute Gasteiger partial charge is 0.151 e. The second kappa shape index (κ2) is 5.82. The minimum Gasteiger partial charge on any atom is -0.275 e. The van der Waals surface area contributed by atoms with Crippen molar-refractivity contribution in [3.63, 3.8) is 0 Å². The van der Waals surface area contributed by atoms with Gasteiger partial charge in [-0.25, -0.2) is 8.78 Å². The van der Waals surface area contributed by atoms with Gasteiger partial charge in [-0.3, -0.25) is 5.43 Å². The Hall–Kier alpha value is -2.23. The van der Waals surface area contributed by atoms with Crippen LogP contribution in [0.2, 0.25) is 0 Å². The van der Waals surface area contributed by atoms with Crippen LogP contribution >= 0.6 is 0 Å². The van der Waals surface area contributed by atoms with Crippen molar-refractivity contribution < 1.29 is 8.78 Å². The van der Waals surface area contributed by atoms with Gasteiger partial charge in [0.15, 0.2) is 5.82 Å². The normalized spacial score (nSPS) is 11.6. The lowest BCUT2D eigenvalue weighted by atomic mass is 10.0. The van der Waals surface area contributed by atoms with Crippen LogP contribution in [0.3, 0.4) is 0 Å². The minimum absolute atomic E-state index is 0.148. The zero-order chi connectivity index (χ0) is 14.7. The third kappa shape index (κ3) is 3.20. The first-order valence-electron chi connectivity index (χ1n) is 6.30. The number of hydrogen-bond acceptors (Lipinski definition) is 2. The van der Waals surface area contributed by atoms with E-state index in [0.717, 1.165) is 17.3 Å². The number of benzene rings is 2. The summed E-state index contributed by atoms with van der Waals surface area (Å²) in [6.45, 7) is 5.90. The average molecular weight is 274 g/mol. The molecule has 4 heteroatoms. The number of hydrazone groups is 1. The van der Waals surface area contributed by atoms with Gasteiger partial charge in [0, 0.05) is 6.07 Å². The van der Waals surface area contributed by atoms with E-state index in [4.69, 9.17) is 0 Å². The number of anilines is 1. The number of nitrogens with one attached hydrogen (secondary N) is 1. The first kappa shape index (κ1) is 14.2. The molecule has 0 spiro atoms. The van der Waals surface area contributed by atoms with E-state index in [1.165, 1.54) is 23.3 Å². The predicted octanol–water partition coefficient (Wildman–Crippen LogP) is 4.42. The van der Waals surface area contributed by atoms with Crippen LogP contribution in [0.4, 0.5) is 14.5 Å². The molecule has 2 aromatic carbocycles. The first-order valence-corrected chi connectivity index (χ1v) is 6.30. The molecule has 2 aromatic rings. The van der Waals surface area contributed by atoms with Gasteiger partial charge in [0.2, 0.25) is 0 Å². The highest BCUT2D eigenvalue weighted by Gasteiger charge is 2.04. The summed E-state index contributed by atoms with van der Waals surface area (Å²) >= 11 is 0. The molecule has 0 saturated heterocycles. The lowest BCUT2D eigenvalue weighted by Gasteiger charge is -2.07. The molecule has 2 rings (SSSR count). The van der Waals surface area contributed by atoms with Crippen LogP contribution in [0.1, 0.15) is 23.6 Å². The van der Waals surface area contributed by atoms with E-state index in [2.05, 4.69) is 10.5 Å². The van der Waals surface area contributed by atoms with Crippen LogP contribution < -0.4 is 5.43 Å². The Morgan fingerprint density at radius 1 is 1.00 bits per heavy atom. The van der Waals surface area contributed by atoms with Crippen LogP contribution in [-0.4, -0.2) is 5.71 Å². The first-order chi connectivity index (χ1) is 9.47. The van der Waals surface area contributed by atoms with E-state index in [9.17, 15) is 8.78 Å². The van der Waals surface area contributed by atoms with Crippen LogP contribution in [0, 0.1) is 25.5 Å². The van der Waals surface area contributed by atoms with Gasteiger partial charge in [-0.1, -0.05) is 12.1 Å². The molecule has 0 unspecified atom stereocenters. The molecule has 1 N–H and O–H groups in total. The second-order valence-corrected chi connectivity index (χ2v) is 4.73. The van der Waals surface area contributed by atoms with Gasteiger partial charge >= 0.3 is 0 Å². The fraction of sp³-hybridized carbons (Fsp3) is 0.188. The molecule has 0 bridgehead atoms. The van der Waals surface area contributed by atoms with Crippen LogP contribution in [0.15, 0.2) is 41.5 Å². The van der Waals surface area contributed by atoms with E-state index in [1.807, 2.05) is 39.0 Å². The lowest BCUT2D eigenvalue weighted by molar-refractivity contribution is 0.585. The number of aryl methyl sites for hydroxylation is 2. The maximum absolute atomic E-state index is 13.4. The molecule has 0 heterocycles. The fourth-order valence-electron chi connectivity index (χ4n) is 1.76. The molecule has 0 saturated carbocycles. The topological polar surface area (TPSA) is 24.4 Å². The van der Waals surface area contributed by atoms with Crippen molar-refractivity contribution in [3.05, 3.63) is 64.7 Å². The molecular formula is C16H16F2N2. The highest BCUT2D eigenvalue weighted by atomic mass is 19.1. The molecule has 0 aliphatic carbocycles. The van der Waals surface area contributed by atoms with Crippen molar-refractivity contribution in [2.24, 2.45) is 5.10 Å². The molecule has 2 nitrogen and oxygen atoms in total. The molecule has 0 atom stereocenters. The highest BCUT2D eigenvalue weighted by molar-refractivity contribution is 5.99. The molecule has 0 aliphatic rings. The quantitative estimate of drug-likeness (QED) is 0.650. The van der Waals surface area contributed by atoms with Gasteiger partial charge in [0.05, 0.1) is 11.4 Å². The van der Waals surface area contributed by atoms with Crippen LogP contribution in [0.5, 0.6) is 0 Å². The molecule has 0 amide bonds. The number of hydrogen-bond donors (Lipinski definition) is 1. The minimum atomic E-state index is -0.665. The molecular weight excluding hydrogens is 258 g/mol. The largest absolute Gasteiger partial charge is 0.275 e. The summed E-state index contributed by atoms with van der Waals surface area (Å²) in [6, 6.07) is 9.33. The standard InChI is InChI=1S/C16H16F2N2/c1-10-4-5-13(8-11(10)2)12(3)19-20-16-7-6-14(17)9-15(16)18/h4-9,20H,1-3H3. The Balaban J connectivity index is 2.20. The molecule has 20 heavy (non-hydrogen) atoms. The van der Waals surface area contributed by atoms with Crippen molar-refractivity contribution in [2.75, 3.05) is 5.43 Å². The molecule has 0 aromatic heterocycles. The van der Waals surface area contributed by atoms with Crippen molar-refractivity contribution in [2.45, 2.75) is 20.8 Å². The maximum Gasteiger partial charge on any atom is 0.151 e. The van der Waals surface area contributed by atoms with E-state index in [0.29, 0.717) is 0 Å². The summed E-state index contributed by atoms with van der Waals surface area (Å²) in [4.78, 5) is 0. The average Bonchev–Trinajstić information content (AvgIpc) is 2.40. The van der Waals surface area contributed by atoms with E-state index < -0.39 is 11.6 Å². The SMILES string of the molecule is CC(=NNc1ccc(F)cc1F)c1ccc(C)c(C)c1. The monoisotopic (exact) mass is 274 g/mol. The van der Waals surface area contributed by atoms with Crippen LogP contribution in [0.25, 0.3) is 0 Å². The predicted molar refractivity (Wildman–Crippen MR) is 78.1 cm³/mol. The lowest BCUT2D eigenvalue weighted by Crippen LogP contribution is -2.02. The Morgan fingerprint density at radius 2 is 1.75 bits per heavy atom. The van der Waals surface area contributed by atoms with Gasteiger partial charge in [-0.2, -0.15) is 5.10 Å². The van der Waals surface area contributed by atoms with Crippen molar-refractivity contribution in [3.8, 4) is 0 Å². The number of nitrogens with zero attached hydrogens (tertiary/aromatic N) is 1. The summed E-state index contributed by atoms with van der Waals surface area (Å²) in [6.07, 6.45) is 0. The number of halogens is 2. The summed E-state index contributed by atoms with van der Waals surface area (Å²) in [7, 11) is 0. The van der Waals surface area contributed by atoms with Crippen molar-refractivity contribution in [1.82, 2.24) is 0 Å². The van der Waals surface area contributed by atoms with E-state index in [1.54, 1.807) is 0 Å². The van der Waals surface area contributed by atoms with E-state index >= 15 is 0 Å². The third-order valence-electron chi connectivity index (χ3n) is 3.20.